The van der Waals surface area contributed by atoms with E-state index in [0.717, 1.165) is 45.5 Å². The van der Waals surface area contributed by atoms with Gasteiger partial charge in [0.1, 0.15) is 10.6 Å². The molecule has 32 heavy (non-hydrogen) atoms. The van der Waals surface area contributed by atoms with Crippen molar-refractivity contribution < 1.29 is 4.79 Å². The van der Waals surface area contributed by atoms with E-state index in [9.17, 15) is 9.59 Å². The van der Waals surface area contributed by atoms with Gasteiger partial charge in [-0.3, -0.25) is 14.6 Å². The lowest BCUT2D eigenvalue weighted by Gasteiger charge is -2.17. The molecule has 0 spiro atoms. The monoisotopic (exact) mass is 458 g/mol. The average Bonchev–Trinajstić information content (AvgIpc) is 3.57. The quantitative estimate of drug-likeness (QED) is 0.459. The van der Waals surface area contributed by atoms with Crippen LogP contribution in [0, 0.1) is 0 Å². The maximum absolute atomic E-state index is 13.5. The fourth-order valence-corrected chi connectivity index (χ4v) is 6.09. The molecular weight excluding hydrogens is 440 g/mol. The summed E-state index contributed by atoms with van der Waals surface area (Å²) in [5.74, 6) is 0.556. The van der Waals surface area contributed by atoms with Gasteiger partial charge in [0.2, 0.25) is 5.43 Å². The standard InChI is InChI=1S/C24H18N4O2S2/c29-22-18-5-1-3-15-6-8-27(21(15)18)13-19(22)24(30)28-9-10-31-20(28)11-17-14-32-23(26-17)16-4-2-7-25-12-16/h1-5,7,11-14H,6,8-10H2/b20-11+. The van der Waals surface area contributed by atoms with Gasteiger partial charge < -0.3 is 9.47 Å². The molecule has 8 heteroatoms. The first kappa shape index (κ1) is 19.5. The van der Waals surface area contributed by atoms with Gasteiger partial charge in [-0.05, 0) is 36.3 Å². The highest BCUT2D eigenvalue weighted by Crippen LogP contribution is 2.33. The second kappa shape index (κ2) is 7.72. The molecule has 158 valence electrons. The number of aryl methyl sites for hydroxylation is 2. The molecule has 1 saturated heterocycles. The van der Waals surface area contributed by atoms with E-state index in [4.69, 9.17) is 0 Å². The molecule has 1 aromatic carbocycles. The van der Waals surface area contributed by atoms with Crippen LogP contribution >= 0.6 is 23.1 Å². The molecule has 0 saturated carbocycles. The molecule has 0 atom stereocenters. The summed E-state index contributed by atoms with van der Waals surface area (Å²) in [7, 11) is 0. The molecule has 0 N–H and O–H groups in total. The van der Waals surface area contributed by atoms with Crippen molar-refractivity contribution in [2.45, 2.75) is 13.0 Å². The number of hydrogen-bond donors (Lipinski definition) is 0. The van der Waals surface area contributed by atoms with Crippen LogP contribution in [0.5, 0.6) is 0 Å². The van der Waals surface area contributed by atoms with Gasteiger partial charge >= 0.3 is 0 Å². The molecule has 0 unspecified atom stereocenters. The summed E-state index contributed by atoms with van der Waals surface area (Å²) in [6, 6.07) is 9.65. The lowest BCUT2D eigenvalue weighted by atomic mass is 10.1. The molecule has 0 aliphatic carbocycles. The average molecular weight is 459 g/mol. The number of nitrogens with zero attached hydrogens (tertiary/aromatic N) is 4. The Hall–Kier alpha value is -3.23. The van der Waals surface area contributed by atoms with E-state index in [1.165, 1.54) is 5.56 Å². The first-order valence-electron chi connectivity index (χ1n) is 10.4. The first-order chi connectivity index (χ1) is 15.7. The highest BCUT2D eigenvalue weighted by Gasteiger charge is 2.29. The Morgan fingerprint density at radius 1 is 1.16 bits per heavy atom. The summed E-state index contributed by atoms with van der Waals surface area (Å²) < 4.78 is 2.05. The summed E-state index contributed by atoms with van der Waals surface area (Å²) in [6.07, 6.45) is 8.09. The molecule has 2 aliphatic rings. The van der Waals surface area contributed by atoms with Crippen LogP contribution in [0.3, 0.4) is 0 Å². The van der Waals surface area contributed by atoms with E-state index in [1.54, 1.807) is 46.6 Å². The second-order valence-electron chi connectivity index (χ2n) is 7.74. The zero-order valence-corrected chi connectivity index (χ0v) is 18.7. The molecule has 0 radical (unpaired) electrons. The minimum Gasteiger partial charge on any atom is -0.346 e. The zero-order valence-electron chi connectivity index (χ0n) is 17.0. The Labute approximate surface area is 192 Å². The first-order valence-corrected chi connectivity index (χ1v) is 12.2. The summed E-state index contributed by atoms with van der Waals surface area (Å²) >= 11 is 3.16. The highest BCUT2D eigenvalue weighted by molar-refractivity contribution is 8.03. The van der Waals surface area contributed by atoms with Gasteiger partial charge in [0.05, 0.1) is 16.2 Å². The van der Waals surface area contributed by atoms with Crippen LogP contribution in [0.1, 0.15) is 21.6 Å². The number of thiazole rings is 1. The Morgan fingerprint density at radius 2 is 2.09 bits per heavy atom. The number of aromatic nitrogens is 3. The van der Waals surface area contributed by atoms with Gasteiger partial charge in [-0.15, -0.1) is 23.1 Å². The number of thioether (sulfide) groups is 1. The number of rotatable bonds is 3. The fraction of sp³-hybridized carbons (Fsp3) is 0.167. The van der Waals surface area contributed by atoms with Crippen LogP contribution in [0.2, 0.25) is 0 Å². The predicted octanol–water partition coefficient (Wildman–Crippen LogP) is 4.26. The van der Waals surface area contributed by atoms with Gasteiger partial charge in [0, 0.05) is 53.8 Å². The zero-order chi connectivity index (χ0) is 21.7. The van der Waals surface area contributed by atoms with Crippen LogP contribution in [0.15, 0.2) is 64.1 Å². The molecule has 1 fully saturated rings. The van der Waals surface area contributed by atoms with Crippen molar-refractivity contribution >= 4 is 46.0 Å². The van der Waals surface area contributed by atoms with Gasteiger partial charge in [-0.25, -0.2) is 4.98 Å². The number of carbonyl (C=O) groups excluding carboxylic acids is 1. The third kappa shape index (κ3) is 3.18. The Morgan fingerprint density at radius 3 is 2.97 bits per heavy atom. The molecule has 6 rings (SSSR count). The topological polar surface area (TPSA) is 68.1 Å². The molecule has 2 aliphatic heterocycles. The van der Waals surface area contributed by atoms with Crippen LogP contribution in [0.25, 0.3) is 27.6 Å². The number of carbonyl (C=O) groups is 1. The predicted molar refractivity (Wildman–Crippen MR) is 129 cm³/mol. The molecule has 6 nitrogen and oxygen atoms in total. The minimum absolute atomic E-state index is 0.186. The van der Waals surface area contributed by atoms with Crippen molar-refractivity contribution in [2.75, 3.05) is 12.3 Å². The second-order valence-corrected chi connectivity index (χ2v) is 9.71. The van der Waals surface area contributed by atoms with E-state index in [0.29, 0.717) is 11.9 Å². The molecule has 0 bridgehead atoms. The molecule has 1 amide bonds. The number of amides is 1. The summed E-state index contributed by atoms with van der Waals surface area (Å²) in [5, 5.41) is 4.32. The van der Waals surface area contributed by atoms with Crippen molar-refractivity contribution in [3.63, 3.8) is 0 Å². The largest absolute Gasteiger partial charge is 0.346 e. The van der Waals surface area contributed by atoms with E-state index in [-0.39, 0.29) is 16.9 Å². The van der Waals surface area contributed by atoms with E-state index >= 15 is 0 Å². The maximum atomic E-state index is 13.5. The number of hydrogen-bond acceptors (Lipinski definition) is 6. The van der Waals surface area contributed by atoms with Crippen LogP contribution in [-0.4, -0.2) is 37.6 Å². The lowest BCUT2D eigenvalue weighted by molar-refractivity contribution is 0.0829. The minimum atomic E-state index is -0.239. The van der Waals surface area contributed by atoms with Gasteiger partial charge in [-0.2, -0.15) is 0 Å². The third-order valence-corrected chi connectivity index (χ3v) is 7.74. The fourth-order valence-electron chi connectivity index (χ4n) is 4.31. The Balaban J connectivity index is 1.35. The van der Waals surface area contributed by atoms with Crippen LogP contribution in [-0.2, 0) is 13.0 Å². The van der Waals surface area contributed by atoms with Crippen molar-refractivity contribution in [2.24, 2.45) is 0 Å². The summed E-state index contributed by atoms with van der Waals surface area (Å²) in [5.41, 5.74) is 3.95. The van der Waals surface area contributed by atoms with Gasteiger partial charge in [0.15, 0.2) is 0 Å². The highest BCUT2D eigenvalue weighted by atomic mass is 32.2. The SMILES string of the molecule is O=C(c1cn2c3c(cccc3c1=O)CC2)N1CCS/C1=C/c1csc(-c2cccnc2)n1. The molecule has 5 heterocycles. The van der Waals surface area contributed by atoms with Gasteiger partial charge in [-0.1, -0.05) is 12.1 Å². The van der Waals surface area contributed by atoms with Gasteiger partial charge in [0.25, 0.3) is 5.91 Å². The van der Waals surface area contributed by atoms with Crippen molar-refractivity contribution in [3.8, 4) is 10.6 Å². The Bertz CT molecular complexity index is 1460. The number of pyridine rings is 2. The maximum Gasteiger partial charge on any atom is 0.264 e. The molecule has 3 aromatic heterocycles. The summed E-state index contributed by atoms with van der Waals surface area (Å²) in [6.45, 7) is 1.37. The normalized spacial score (nSPS) is 16.4. The van der Waals surface area contributed by atoms with Crippen molar-refractivity contribution in [1.29, 1.82) is 0 Å². The smallest absolute Gasteiger partial charge is 0.264 e. The molecular formula is C24H18N4O2S2. The van der Waals surface area contributed by atoms with Crippen molar-refractivity contribution in [3.05, 3.63) is 86.4 Å². The Kier molecular flexibility index (Phi) is 4.69. The van der Waals surface area contributed by atoms with E-state index in [1.807, 2.05) is 40.3 Å². The van der Waals surface area contributed by atoms with E-state index < -0.39 is 0 Å². The molecule has 4 aromatic rings. The van der Waals surface area contributed by atoms with E-state index in [2.05, 4.69) is 16.0 Å². The number of benzene rings is 1. The summed E-state index contributed by atoms with van der Waals surface area (Å²) in [4.78, 5) is 37.2. The van der Waals surface area contributed by atoms with Crippen LogP contribution < -0.4 is 5.43 Å². The van der Waals surface area contributed by atoms with Crippen molar-refractivity contribution in [1.82, 2.24) is 19.4 Å². The van der Waals surface area contributed by atoms with Crippen LogP contribution in [0.4, 0.5) is 0 Å². The lowest BCUT2D eigenvalue weighted by Crippen LogP contribution is -2.31. The third-order valence-electron chi connectivity index (χ3n) is 5.81. The number of para-hydroxylation sites is 1.